The van der Waals surface area contributed by atoms with Crippen molar-refractivity contribution in [2.75, 3.05) is 20.1 Å². The molecule has 4 rings (SSSR count). The average molecular weight is 454 g/mol. The van der Waals surface area contributed by atoms with Crippen molar-refractivity contribution in [3.8, 4) is 0 Å². The number of rotatable bonds is 6. The molecule has 1 fully saturated rings. The number of carbonyl (C=O) groups is 1. The molecule has 1 aliphatic rings. The van der Waals surface area contributed by atoms with Crippen LogP contribution in [-0.4, -0.2) is 48.2 Å². The van der Waals surface area contributed by atoms with Gasteiger partial charge in [0, 0.05) is 43.8 Å². The van der Waals surface area contributed by atoms with Gasteiger partial charge in [-0.25, -0.2) is 8.42 Å². The minimum atomic E-state index is -3.50. The van der Waals surface area contributed by atoms with Crippen molar-refractivity contribution >= 4 is 26.8 Å². The van der Waals surface area contributed by atoms with Crippen LogP contribution in [0.1, 0.15) is 44.2 Å². The summed E-state index contributed by atoms with van der Waals surface area (Å²) >= 11 is 0. The fourth-order valence-corrected chi connectivity index (χ4v) is 6.00. The minimum Gasteiger partial charge on any atom is -0.340 e. The molecule has 32 heavy (non-hydrogen) atoms. The second-order valence-corrected chi connectivity index (χ2v) is 10.6. The van der Waals surface area contributed by atoms with Crippen LogP contribution in [0.2, 0.25) is 0 Å². The first-order valence-corrected chi connectivity index (χ1v) is 12.7. The molecule has 0 radical (unpaired) electrons. The quantitative estimate of drug-likeness (QED) is 0.555. The maximum Gasteiger partial charge on any atom is 0.245 e. The van der Waals surface area contributed by atoms with Gasteiger partial charge in [0.1, 0.15) is 6.04 Å². The van der Waals surface area contributed by atoms with Crippen molar-refractivity contribution in [3.63, 3.8) is 0 Å². The highest BCUT2D eigenvalue weighted by atomic mass is 32.2. The maximum absolute atomic E-state index is 13.2. The number of aromatic nitrogens is 1. The van der Waals surface area contributed by atoms with E-state index in [1.165, 1.54) is 0 Å². The molecule has 0 bridgehead atoms. The van der Waals surface area contributed by atoms with Crippen molar-refractivity contribution < 1.29 is 13.2 Å². The van der Waals surface area contributed by atoms with Crippen LogP contribution in [0, 0.1) is 0 Å². The van der Waals surface area contributed by atoms with E-state index >= 15 is 0 Å². The van der Waals surface area contributed by atoms with Crippen molar-refractivity contribution in [2.24, 2.45) is 0 Å². The summed E-state index contributed by atoms with van der Waals surface area (Å²) in [5.74, 6) is 0.00705. The molecule has 0 saturated carbocycles. The minimum absolute atomic E-state index is 0.00705. The Morgan fingerprint density at radius 1 is 1.00 bits per heavy atom. The van der Waals surface area contributed by atoms with Crippen LogP contribution in [0.3, 0.4) is 0 Å². The number of likely N-dealkylation sites (N-methyl/N-ethyl adjacent to an activating group) is 1. The van der Waals surface area contributed by atoms with Gasteiger partial charge in [-0.3, -0.25) is 4.79 Å². The zero-order valence-electron chi connectivity index (χ0n) is 18.8. The molecule has 2 aromatic carbocycles. The van der Waals surface area contributed by atoms with E-state index in [1.807, 2.05) is 67.2 Å². The Morgan fingerprint density at radius 3 is 2.38 bits per heavy atom. The van der Waals surface area contributed by atoms with Crippen LogP contribution >= 0.6 is 0 Å². The summed E-state index contributed by atoms with van der Waals surface area (Å²) < 4.78 is 29.8. The number of amides is 1. The molecule has 2 heterocycles. The first-order valence-electron chi connectivity index (χ1n) is 11.3. The molecule has 1 amide bonds. The van der Waals surface area contributed by atoms with E-state index in [0.717, 1.165) is 42.1 Å². The van der Waals surface area contributed by atoms with Crippen molar-refractivity contribution in [1.82, 2.24) is 13.8 Å². The molecule has 0 aliphatic carbocycles. The summed E-state index contributed by atoms with van der Waals surface area (Å²) in [6.45, 7) is 3.59. The molecular formula is C25H31N3O3S. The topological polar surface area (TPSA) is 62.6 Å². The summed E-state index contributed by atoms with van der Waals surface area (Å²) in [7, 11) is -1.69. The standard InChI is InChI=1S/C25H31N3O3S/c1-20(25(29)26(2)19-21-10-6-5-7-11-21)28-17-14-22-18-23(12-13-24(22)28)32(30,31)27-15-8-3-4-9-16-27/h5-7,10-14,17-18,20H,3-4,8-9,15-16,19H2,1-2H3/t20-/m0/s1. The Bertz CT molecular complexity index is 1180. The molecule has 0 N–H and O–H groups in total. The lowest BCUT2D eigenvalue weighted by atomic mass is 10.2. The van der Waals surface area contributed by atoms with Gasteiger partial charge in [0.25, 0.3) is 0 Å². The molecule has 3 aromatic rings. The third-order valence-corrected chi connectivity index (χ3v) is 8.20. The second-order valence-electron chi connectivity index (χ2n) is 8.62. The van der Waals surface area contributed by atoms with Crippen molar-refractivity contribution in [3.05, 3.63) is 66.4 Å². The zero-order chi connectivity index (χ0) is 22.7. The molecule has 6 nitrogen and oxygen atoms in total. The predicted octanol–water partition coefficient (Wildman–Crippen LogP) is 4.43. The van der Waals surface area contributed by atoms with E-state index < -0.39 is 16.1 Å². The fourth-order valence-electron chi connectivity index (χ4n) is 4.44. The summed E-state index contributed by atoms with van der Waals surface area (Å²) in [6, 6.07) is 16.6. The highest BCUT2D eigenvalue weighted by Gasteiger charge is 2.26. The molecule has 7 heteroatoms. The summed E-state index contributed by atoms with van der Waals surface area (Å²) in [4.78, 5) is 15.1. The number of fused-ring (bicyclic) bond motifs is 1. The summed E-state index contributed by atoms with van der Waals surface area (Å²) in [5.41, 5.74) is 1.94. The van der Waals surface area contributed by atoms with Crippen LogP contribution < -0.4 is 0 Å². The molecule has 1 atom stereocenters. The summed E-state index contributed by atoms with van der Waals surface area (Å²) in [5, 5.41) is 0.825. The Balaban J connectivity index is 1.55. The van der Waals surface area contributed by atoms with Crippen LogP contribution in [-0.2, 0) is 21.4 Å². The third-order valence-electron chi connectivity index (χ3n) is 6.31. The molecule has 1 aliphatic heterocycles. The average Bonchev–Trinajstić information content (AvgIpc) is 3.02. The van der Waals surface area contributed by atoms with Gasteiger partial charge < -0.3 is 9.47 Å². The number of benzene rings is 2. The number of nitrogens with zero attached hydrogens (tertiary/aromatic N) is 3. The van der Waals surface area contributed by atoms with Crippen molar-refractivity contribution in [1.29, 1.82) is 0 Å². The van der Waals surface area contributed by atoms with Crippen LogP contribution in [0.5, 0.6) is 0 Å². The van der Waals surface area contributed by atoms with E-state index in [1.54, 1.807) is 21.3 Å². The maximum atomic E-state index is 13.2. The third kappa shape index (κ3) is 4.59. The van der Waals surface area contributed by atoms with Crippen molar-refractivity contribution in [2.45, 2.75) is 50.1 Å². The highest BCUT2D eigenvalue weighted by molar-refractivity contribution is 7.89. The fraction of sp³-hybridized carbons (Fsp3) is 0.400. The molecular weight excluding hydrogens is 422 g/mol. The van der Waals surface area contributed by atoms with Crippen LogP contribution in [0.15, 0.2) is 65.7 Å². The second kappa shape index (κ2) is 9.46. The van der Waals surface area contributed by atoms with Gasteiger partial charge in [-0.2, -0.15) is 4.31 Å². The molecule has 0 spiro atoms. The van der Waals surface area contributed by atoms with Gasteiger partial charge in [-0.05, 0) is 49.6 Å². The first kappa shape index (κ1) is 22.6. The highest BCUT2D eigenvalue weighted by Crippen LogP contribution is 2.27. The number of hydrogen-bond acceptors (Lipinski definition) is 3. The Labute approximate surface area is 190 Å². The Hall–Kier alpha value is -2.64. The summed E-state index contributed by atoms with van der Waals surface area (Å²) in [6.07, 6.45) is 5.85. The van der Waals surface area contributed by atoms with Gasteiger partial charge >= 0.3 is 0 Å². The van der Waals surface area contributed by atoms with Gasteiger partial charge in [0.2, 0.25) is 15.9 Å². The van der Waals surface area contributed by atoms with E-state index in [4.69, 9.17) is 0 Å². The number of hydrogen-bond donors (Lipinski definition) is 0. The Kier molecular flexibility index (Phi) is 6.67. The molecule has 170 valence electrons. The van der Waals surface area contributed by atoms with E-state index in [0.29, 0.717) is 24.5 Å². The lowest BCUT2D eigenvalue weighted by Gasteiger charge is -2.23. The Morgan fingerprint density at radius 2 is 1.69 bits per heavy atom. The SMILES string of the molecule is C[C@@H](C(=O)N(C)Cc1ccccc1)n1ccc2cc(S(=O)(=O)N3CCCCCC3)ccc21. The van der Waals surface area contributed by atoms with Gasteiger partial charge in [-0.15, -0.1) is 0 Å². The number of carbonyl (C=O) groups excluding carboxylic acids is 1. The monoisotopic (exact) mass is 453 g/mol. The predicted molar refractivity (Wildman–Crippen MR) is 127 cm³/mol. The van der Waals surface area contributed by atoms with E-state index in [2.05, 4.69) is 0 Å². The molecule has 1 saturated heterocycles. The van der Waals surface area contributed by atoms with Gasteiger partial charge in [-0.1, -0.05) is 43.2 Å². The molecule has 0 unspecified atom stereocenters. The largest absolute Gasteiger partial charge is 0.340 e. The normalized spacial score (nSPS) is 16.6. The van der Waals surface area contributed by atoms with E-state index in [-0.39, 0.29) is 5.91 Å². The lowest BCUT2D eigenvalue weighted by Crippen LogP contribution is -2.32. The zero-order valence-corrected chi connectivity index (χ0v) is 19.6. The van der Waals surface area contributed by atoms with Gasteiger partial charge in [0.05, 0.1) is 4.90 Å². The van der Waals surface area contributed by atoms with Crippen LogP contribution in [0.4, 0.5) is 0 Å². The first-order chi connectivity index (χ1) is 15.4. The lowest BCUT2D eigenvalue weighted by molar-refractivity contribution is -0.133. The van der Waals surface area contributed by atoms with Crippen LogP contribution in [0.25, 0.3) is 10.9 Å². The smallest absolute Gasteiger partial charge is 0.245 e. The number of sulfonamides is 1. The van der Waals surface area contributed by atoms with E-state index in [9.17, 15) is 13.2 Å². The molecule has 1 aromatic heterocycles. The van der Waals surface area contributed by atoms with Gasteiger partial charge in [0.15, 0.2) is 0 Å².